The van der Waals surface area contributed by atoms with Gasteiger partial charge in [0.25, 0.3) is 0 Å². The van der Waals surface area contributed by atoms with E-state index in [1.807, 2.05) is 0 Å². The highest BCUT2D eigenvalue weighted by molar-refractivity contribution is 7.98. The van der Waals surface area contributed by atoms with Crippen molar-refractivity contribution in [3.63, 3.8) is 0 Å². The molecule has 2 atom stereocenters. The van der Waals surface area contributed by atoms with Crippen LogP contribution >= 0.6 is 11.8 Å². The molecule has 17 heavy (non-hydrogen) atoms. The highest BCUT2D eigenvalue weighted by atomic mass is 32.2. The molecule has 0 fully saturated rings. The fourth-order valence-electron chi connectivity index (χ4n) is 1.25. The average molecular weight is 258 g/mol. The van der Waals surface area contributed by atoms with Crippen LogP contribution in [0.2, 0.25) is 0 Å². The molecule has 1 aromatic heterocycles. The third-order valence-electron chi connectivity index (χ3n) is 2.59. The lowest BCUT2D eigenvalue weighted by Gasteiger charge is -2.10. The normalized spacial score (nSPS) is 14.5. The van der Waals surface area contributed by atoms with Crippen LogP contribution in [-0.2, 0) is 10.5 Å². The second-order valence-corrected chi connectivity index (χ2v) is 5.12. The molecule has 2 unspecified atom stereocenters. The molecular formula is C11H18N2O3S. The molecule has 1 N–H and O–H groups in total. The minimum Gasteiger partial charge on any atom is -0.481 e. The Hall–Kier alpha value is -1.04. The predicted octanol–water partition coefficient (Wildman–Crippen LogP) is 2.54. The number of rotatable bonds is 7. The number of carbonyl (C=O) groups is 1. The van der Waals surface area contributed by atoms with E-state index in [0.29, 0.717) is 17.5 Å². The molecule has 0 aliphatic heterocycles. The minimum absolute atomic E-state index is 0.259. The van der Waals surface area contributed by atoms with Gasteiger partial charge in [-0.2, -0.15) is 16.7 Å². The van der Waals surface area contributed by atoms with Gasteiger partial charge < -0.3 is 9.63 Å². The molecule has 0 aliphatic rings. The Morgan fingerprint density at radius 2 is 2.24 bits per heavy atom. The predicted molar refractivity (Wildman–Crippen MR) is 66.0 cm³/mol. The molecule has 0 saturated heterocycles. The monoisotopic (exact) mass is 258 g/mol. The van der Waals surface area contributed by atoms with Crippen LogP contribution in [0.5, 0.6) is 0 Å². The van der Waals surface area contributed by atoms with Gasteiger partial charge >= 0.3 is 5.97 Å². The van der Waals surface area contributed by atoms with E-state index in [9.17, 15) is 4.79 Å². The summed E-state index contributed by atoms with van der Waals surface area (Å²) in [5.41, 5.74) is 0. The minimum atomic E-state index is -0.849. The molecule has 0 spiro atoms. The second kappa shape index (κ2) is 6.64. The van der Waals surface area contributed by atoms with Gasteiger partial charge in [-0.25, -0.2) is 0 Å². The summed E-state index contributed by atoms with van der Waals surface area (Å²) < 4.78 is 5.09. The van der Waals surface area contributed by atoms with E-state index in [1.54, 1.807) is 25.6 Å². The Labute approximate surface area is 105 Å². The summed E-state index contributed by atoms with van der Waals surface area (Å²) in [4.78, 5) is 15.1. The maximum atomic E-state index is 10.8. The van der Waals surface area contributed by atoms with Crippen molar-refractivity contribution in [3.05, 3.63) is 11.7 Å². The molecule has 5 nitrogen and oxygen atoms in total. The quantitative estimate of drug-likeness (QED) is 0.757. The smallest absolute Gasteiger partial charge is 0.307 e. The number of aliphatic carboxylic acids is 1. The molecule has 0 aromatic carbocycles. The van der Waals surface area contributed by atoms with E-state index in [4.69, 9.17) is 9.63 Å². The van der Waals surface area contributed by atoms with Gasteiger partial charge in [-0.3, -0.25) is 4.79 Å². The zero-order valence-electron chi connectivity index (χ0n) is 10.3. The van der Waals surface area contributed by atoms with E-state index in [2.05, 4.69) is 17.1 Å². The summed E-state index contributed by atoms with van der Waals surface area (Å²) in [6.45, 7) is 5.54. The number of nitrogens with zero attached hydrogens (tertiary/aromatic N) is 2. The highest BCUT2D eigenvalue weighted by Crippen LogP contribution is 2.23. The zero-order chi connectivity index (χ0) is 12.8. The van der Waals surface area contributed by atoms with Crippen LogP contribution in [-0.4, -0.2) is 27.0 Å². The highest BCUT2D eigenvalue weighted by Gasteiger charge is 2.25. The van der Waals surface area contributed by atoms with Crippen LogP contribution < -0.4 is 0 Å². The van der Waals surface area contributed by atoms with E-state index in [1.165, 1.54) is 0 Å². The van der Waals surface area contributed by atoms with Crippen molar-refractivity contribution in [1.29, 1.82) is 0 Å². The topological polar surface area (TPSA) is 76.2 Å². The molecule has 6 heteroatoms. The lowest BCUT2D eigenvalue weighted by atomic mass is 9.96. The Balaban J connectivity index is 2.58. The summed E-state index contributed by atoms with van der Waals surface area (Å²) in [6.07, 6.45) is 1.11. The van der Waals surface area contributed by atoms with Crippen molar-refractivity contribution in [3.8, 4) is 0 Å². The number of carboxylic acid groups (broad SMARTS) is 1. The first-order chi connectivity index (χ1) is 8.06. The molecule has 1 aromatic rings. The number of aromatic nitrogens is 2. The van der Waals surface area contributed by atoms with Gasteiger partial charge in [0.05, 0.1) is 11.7 Å². The molecule has 0 bridgehead atoms. The van der Waals surface area contributed by atoms with Crippen molar-refractivity contribution in [2.24, 2.45) is 5.92 Å². The maximum absolute atomic E-state index is 10.8. The van der Waals surface area contributed by atoms with Gasteiger partial charge in [-0.1, -0.05) is 25.9 Å². The fraction of sp³-hybridized carbons (Fsp3) is 0.727. The lowest BCUT2D eigenvalue weighted by molar-refractivity contribution is -0.141. The number of carboxylic acids is 1. The third-order valence-corrected chi connectivity index (χ3v) is 3.75. The van der Waals surface area contributed by atoms with Crippen molar-refractivity contribution >= 4 is 17.7 Å². The first-order valence-corrected chi connectivity index (χ1v) is 6.84. The summed E-state index contributed by atoms with van der Waals surface area (Å²) in [6, 6.07) is 0. The molecule has 96 valence electrons. The molecule has 0 aliphatic carbocycles. The van der Waals surface area contributed by atoms with Gasteiger partial charge in [0, 0.05) is 5.92 Å². The van der Waals surface area contributed by atoms with Crippen LogP contribution in [0.3, 0.4) is 0 Å². The Morgan fingerprint density at radius 1 is 1.53 bits per heavy atom. The Morgan fingerprint density at radius 3 is 2.82 bits per heavy atom. The van der Waals surface area contributed by atoms with Crippen LogP contribution in [0.1, 0.15) is 44.8 Å². The first kappa shape index (κ1) is 14.0. The van der Waals surface area contributed by atoms with Crippen molar-refractivity contribution in [2.45, 2.75) is 38.9 Å². The standard InChI is InChI=1S/C11H18N2O3S/c1-4-5-17-6-9-12-10(16-13-9)7(2)8(3)11(14)15/h7-8H,4-6H2,1-3H3,(H,14,15). The molecule has 0 radical (unpaired) electrons. The summed E-state index contributed by atoms with van der Waals surface area (Å²) >= 11 is 1.74. The summed E-state index contributed by atoms with van der Waals surface area (Å²) in [5.74, 6) is 1.19. The van der Waals surface area contributed by atoms with Crippen molar-refractivity contribution < 1.29 is 14.4 Å². The van der Waals surface area contributed by atoms with Crippen molar-refractivity contribution in [2.75, 3.05) is 5.75 Å². The second-order valence-electron chi connectivity index (χ2n) is 4.02. The summed E-state index contributed by atoms with van der Waals surface area (Å²) in [7, 11) is 0. The SMILES string of the molecule is CCCSCc1noc(C(C)C(C)C(=O)O)n1. The van der Waals surface area contributed by atoms with E-state index in [0.717, 1.165) is 12.2 Å². The summed E-state index contributed by atoms with van der Waals surface area (Å²) in [5, 5.41) is 12.8. The van der Waals surface area contributed by atoms with Crippen LogP contribution in [0.25, 0.3) is 0 Å². The van der Waals surface area contributed by atoms with E-state index in [-0.39, 0.29) is 5.92 Å². The third kappa shape index (κ3) is 4.03. The van der Waals surface area contributed by atoms with Gasteiger partial charge in [0.15, 0.2) is 5.82 Å². The largest absolute Gasteiger partial charge is 0.481 e. The number of hydrogen-bond acceptors (Lipinski definition) is 5. The van der Waals surface area contributed by atoms with Gasteiger partial charge in [-0.15, -0.1) is 0 Å². The van der Waals surface area contributed by atoms with Crippen LogP contribution in [0.15, 0.2) is 4.52 Å². The Kier molecular flexibility index (Phi) is 5.47. The Bertz CT molecular complexity index is 367. The van der Waals surface area contributed by atoms with Crippen LogP contribution in [0.4, 0.5) is 0 Å². The zero-order valence-corrected chi connectivity index (χ0v) is 11.2. The van der Waals surface area contributed by atoms with Crippen LogP contribution in [0, 0.1) is 5.92 Å². The van der Waals surface area contributed by atoms with Gasteiger partial charge in [0.2, 0.25) is 5.89 Å². The molecule has 1 heterocycles. The molecule has 0 saturated carbocycles. The van der Waals surface area contributed by atoms with E-state index >= 15 is 0 Å². The average Bonchev–Trinajstić information content (AvgIpc) is 2.76. The molecular weight excluding hydrogens is 240 g/mol. The van der Waals surface area contributed by atoms with Gasteiger partial charge in [0.1, 0.15) is 0 Å². The first-order valence-electron chi connectivity index (χ1n) is 5.69. The maximum Gasteiger partial charge on any atom is 0.307 e. The fourth-order valence-corrected chi connectivity index (χ4v) is 1.98. The number of thioether (sulfide) groups is 1. The molecule has 0 amide bonds. The molecule has 1 rings (SSSR count). The number of hydrogen-bond donors (Lipinski definition) is 1. The van der Waals surface area contributed by atoms with Crippen molar-refractivity contribution in [1.82, 2.24) is 10.1 Å². The van der Waals surface area contributed by atoms with Gasteiger partial charge in [-0.05, 0) is 12.2 Å². The lowest BCUT2D eigenvalue weighted by Crippen LogP contribution is -2.16. The van der Waals surface area contributed by atoms with E-state index < -0.39 is 11.9 Å².